The molecule has 0 spiro atoms. The summed E-state index contributed by atoms with van der Waals surface area (Å²) in [5.41, 5.74) is 0.782. The number of aromatic nitrogens is 1. The first kappa shape index (κ1) is 13.1. The fourth-order valence-corrected chi connectivity index (χ4v) is 2.49. The van der Waals surface area contributed by atoms with Gasteiger partial charge in [0.25, 0.3) is 0 Å². The van der Waals surface area contributed by atoms with Crippen LogP contribution in [0.15, 0.2) is 29.8 Å². The highest BCUT2D eigenvalue weighted by Gasteiger charge is 2.11. The molecule has 0 saturated heterocycles. The van der Waals surface area contributed by atoms with Crippen molar-refractivity contribution < 1.29 is 8.78 Å². The van der Waals surface area contributed by atoms with E-state index in [0.29, 0.717) is 6.42 Å². The van der Waals surface area contributed by atoms with E-state index < -0.39 is 11.6 Å². The fraction of sp³-hybridized carbons (Fsp3) is 0.308. The van der Waals surface area contributed by atoms with Crippen LogP contribution < -0.4 is 5.32 Å². The summed E-state index contributed by atoms with van der Waals surface area (Å²) < 4.78 is 25.9. The van der Waals surface area contributed by atoms with E-state index in [1.807, 2.05) is 12.4 Å². The van der Waals surface area contributed by atoms with Crippen LogP contribution in [0.3, 0.4) is 0 Å². The second kappa shape index (κ2) is 6.02. The number of nitrogens with one attached hydrogen (secondary N) is 1. The molecule has 0 saturated carbocycles. The van der Waals surface area contributed by atoms with Crippen LogP contribution in [-0.4, -0.2) is 18.1 Å². The third-order valence-electron chi connectivity index (χ3n) is 2.78. The van der Waals surface area contributed by atoms with Gasteiger partial charge in [0.15, 0.2) is 11.6 Å². The molecule has 0 radical (unpaired) electrons. The summed E-state index contributed by atoms with van der Waals surface area (Å²) in [5.74, 6) is -1.60. The first-order chi connectivity index (χ1) is 8.69. The molecule has 0 aliphatic heterocycles. The zero-order chi connectivity index (χ0) is 13.0. The summed E-state index contributed by atoms with van der Waals surface area (Å²) in [5, 5.41) is 6.14. The summed E-state index contributed by atoms with van der Waals surface area (Å²) in [6.45, 7) is 0. The van der Waals surface area contributed by atoms with Crippen molar-refractivity contribution >= 4 is 11.3 Å². The molecular weight excluding hydrogens is 254 g/mol. The molecule has 96 valence electrons. The summed E-state index contributed by atoms with van der Waals surface area (Å²) >= 11 is 1.60. The molecule has 0 aliphatic carbocycles. The van der Waals surface area contributed by atoms with E-state index in [-0.39, 0.29) is 6.04 Å². The van der Waals surface area contributed by atoms with Crippen LogP contribution in [-0.2, 0) is 12.8 Å². The van der Waals surface area contributed by atoms with Gasteiger partial charge in [-0.25, -0.2) is 13.8 Å². The van der Waals surface area contributed by atoms with Gasteiger partial charge in [0.2, 0.25) is 0 Å². The van der Waals surface area contributed by atoms with Gasteiger partial charge in [-0.05, 0) is 31.2 Å². The van der Waals surface area contributed by atoms with Crippen molar-refractivity contribution in [1.82, 2.24) is 10.3 Å². The zero-order valence-corrected chi connectivity index (χ0v) is 10.8. The molecule has 2 aromatic rings. The predicted octanol–water partition coefficient (Wildman–Crippen LogP) is 2.79. The lowest BCUT2D eigenvalue weighted by Crippen LogP contribution is -2.29. The van der Waals surface area contributed by atoms with Crippen molar-refractivity contribution in [1.29, 1.82) is 0 Å². The first-order valence-electron chi connectivity index (χ1n) is 5.68. The van der Waals surface area contributed by atoms with Gasteiger partial charge in [-0.3, -0.25) is 0 Å². The molecule has 0 amide bonds. The highest BCUT2D eigenvalue weighted by atomic mass is 32.1. The second-order valence-corrected chi connectivity index (χ2v) is 5.05. The maximum absolute atomic E-state index is 13.1. The van der Waals surface area contributed by atoms with E-state index in [0.717, 1.165) is 17.0 Å². The van der Waals surface area contributed by atoms with Crippen LogP contribution in [0.5, 0.6) is 0 Å². The van der Waals surface area contributed by atoms with E-state index in [1.165, 1.54) is 12.1 Å². The van der Waals surface area contributed by atoms with Gasteiger partial charge >= 0.3 is 0 Å². The van der Waals surface area contributed by atoms with Crippen LogP contribution in [0.4, 0.5) is 8.78 Å². The summed E-state index contributed by atoms with van der Waals surface area (Å²) in [7, 11) is 1.86. The minimum Gasteiger partial charge on any atom is -0.316 e. The van der Waals surface area contributed by atoms with Crippen molar-refractivity contribution in [2.45, 2.75) is 18.9 Å². The van der Waals surface area contributed by atoms with Gasteiger partial charge in [-0.2, -0.15) is 0 Å². The highest BCUT2D eigenvalue weighted by molar-refractivity contribution is 7.09. The van der Waals surface area contributed by atoms with Crippen LogP contribution >= 0.6 is 11.3 Å². The van der Waals surface area contributed by atoms with E-state index in [1.54, 1.807) is 23.6 Å². The quantitative estimate of drug-likeness (QED) is 0.902. The molecule has 0 aliphatic rings. The van der Waals surface area contributed by atoms with Gasteiger partial charge in [0.1, 0.15) is 0 Å². The SMILES string of the molecule is CNC(Cc1ccc(F)c(F)c1)Cc1nccs1. The number of thiazole rings is 1. The Hall–Kier alpha value is -1.33. The lowest BCUT2D eigenvalue weighted by atomic mass is 10.0. The molecule has 18 heavy (non-hydrogen) atoms. The highest BCUT2D eigenvalue weighted by Crippen LogP contribution is 2.13. The van der Waals surface area contributed by atoms with Gasteiger partial charge in [-0.15, -0.1) is 11.3 Å². The Morgan fingerprint density at radius 1 is 1.28 bits per heavy atom. The molecule has 0 bridgehead atoms. The van der Waals surface area contributed by atoms with Crippen LogP contribution in [0, 0.1) is 11.6 Å². The number of rotatable bonds is 5. The smallest absolute Gasteiger partial charge is 0.159 e. The van der Waals surface area contributed by atoms with E-state index in [4.69, 9.17) is 0 Å². The van der Waals surface area contributed by atoms with Crippen molar-refractivity contribution in [3.8, 4) is 0 Å². The third-order valence-corrected chi connectivity index (χ3v) is 3.58. The Labute approximate surface area is 109 Å². The second-order valence-electron chi connectivity index (χ2n) is 4.07. The third kappa shape index (κ3) is 3.34. The van der Waals surface area contributed by atoms with Crippen molar-refractivity contribution in [3.63, 3.8) is 0 Å². The van der Waals surface area contributed by atoms with Gasteiger partial charge in [-0.1, -0.05) is 6.07 Å². The maximum Gasteiger partial charge on any atom is 0.159 e. The number of likely N-dealkylation sites (N-methyl/N-ethyl adjacent to an activating group) is 1. The number of halogens is 2. The van der Waals surface area contributed by atoms with Crippen LogP contribution in [0.2, 0.25) is 0 Å². The van der Waals surface area contributed by atoms with Crippen LogP contribution in [0.1, 0.15) is 10.6 Å². The molecule has 1 atom stereocenters. The van der Waals surface area contributed by atoms with Gasteiger partial charge in [0.05, 0.1) is 5.01 Å². The molecule has 5 heteroatoms. The Bertz CT molecular complexity index is 500. The number of hydrogen-bond acceptors (Lipinski definition) is 3. The normalized spacial score (nSPS) is 12.6. The fourth-order valence-electron chi connectivity index (χ4n) is 1.79. The molecule has 1 aromatic carbocycles. The van der Waals surface area contributed by atoms with Crippen molar-refractivity contribution in [2.24, 2.45) is 0 Å². The largest absolute Gasteiger partial charge is 0.316 e. The Morgan fingerprint density at radius 2 is 2.11 bits per heavy atom. The van der Waals surface area contributed by atoms with Crippen LogP contribution in [0.25, 0.3) is 0 Å². The zero-order valence-electron chi connectivity index (χ0n) is 9.99. The Kier molecular flexibility index (Phi) is 4.38. The lowest BCUT2D eigenvalue weighted by Gasteiger charge is -2.14. The molecule has 1 unspecified atom stereocenters. The predicted molar refractivity (Wildman–Crippen MR) is 68.7 cm³/mol. The maximum atomic E-state index is 13.1. The average Bonchev–Trinajstić information content (AvgIpc) is 2.86. The van der Waals surface area contributed by atoms with Gasteiger partial charge < -0.3 is 5.32 Å². The molecule has 1 heterocycles. The number of hydrogen-bond donors (Lipinski definition) is 1. The van der Waals surface area contributed by atoms with Crippen molar-refractivity contribution in [3.05, 3.63) is 52.0 Å². The lowest BCUT2D eigenvalue weighted by molar-refractivity contribution is 0.503. The van der Waals surface area contributed by atoms with E-state index in [9.17, 15) is 8.78 Å². The minimum absolute atomic E-state index is 0.168. The molecular formula is C13H14F2N2S. The number of nitrogens with zero attached hydrogens (tertiary/aromatic N) is 1. The Morgan fingerprint density at radius 3 is 2.72 bits per heavy atom. The Balaban J connectivity index is 2.03. The summed E-state index contributed by atoms with van der Waals surface area (Å²) in [6, 6.07) is 4.20. The average molecular weight is 268 g/mol. The van der Waals surface area contributed by atoms with Crippen molar-refractivity contribution in [2.75, 3.05) is 7.05 Å². The molecule has 1 aromatic heterocycles. The minimum atomic E-state index is -0.806. The topological polar surface area (TPSA) is 24.9 Å². The molecule has 2 nitrogen and oxygen atoms in total. The summed E-state index contributed by atoms with van der Waals surface area (Å²) in [6.07, 6.45) is 3.20. The number of benzene rings is 1. The van der Waals surface area contributed by atoms with E-state index >= 15 is 0 Å². The summed E-state index contributed by atoms with van der Waals surface area (Å²) in [4.78, 5) is 4.22. The monoisotopic (exact) mass is 268 g/mol. The molecule has 0 fully saturated rings. The molecule has 2 rings (SSSR count). The van der Waals surface area contributed by atoms with E-state index in [2.05, 4.69) is 10.3 Å². The standard InChI is InChI=1S/C13H14F2N2S/c1-16-10(8-13-17-4-5-18-13)6-9-2-3-11(14)12(15)7-9/h2-5,7,10,16H,6,8H2,1H3. The first-order valence-corrected chi connectivity index (χ1v) is 6.56. The van der Waals surface area contributed by atoms with Gasteiger partial charge in [0, 0.05) is 24.0 Å². The molecule has 1 N–H and O–H groups in total.